The highest BCUT2D eigenvalue weighted by Crippen LogP contribution is 2.29. The predicted octanol–water partition coefficient (Wildman–Crippen LogP) is 3.63. The van der Waals surface area contributed by atoms with E-state index in [4.69, 9.17) is 0 Å². The van der Waals surface area contributed by atoms with Crippen molar-refractivity contribution in [3.05, 3.63) is 71.9 Å². The Morgan fingerprint density at radius 2 is 1.48 bits per heavy atom. The predicted molar refractivity (Wildman–Crippen MR) is 89.0 cm³/mol. The van der Waals surface area contributed by atoms with E-state index in [2.05, 4.69) is 70.6 Å². The van der Waals surface area contributed by atoms with Crippen LogP contribution in [0.2, 0.25) is 0 Å². The van der Waals surface area contributed by atoms with Crippen molar-refractivity contribution in [3.8, 4) is 0 Å². The van der Waals surface area contributed by atoms with Gasteiger partial charge in [0.1, 0.15) is 0 Å². The van der Waals surface area contributed by atoms with E-state index >= 15 is 0 Å². The second-order valence-corrected chi connectivity index (χ2v) is 5.78. The zero-order valence-corrected chi connectivity index (χ0v) is 12.2. The summed E-state index contributed by atoms with van der Waals surface area (Å²) in [5.41, 5.74) is 5.73. The van der Waals surface area contributed by atoms with Crippen LogP contribution >= 0.6 is 0 Å². The Bertz CT molecular complexity index is 675. The Labute approximate surface area is 126 Å². The summed E-state index contributed by atoms with van der Waals surface area (Å²) in [5, 5.41) is 0. The first kappa shape index (κ1) is 12.5. The Hall–Kier alpha value is -2.22. The average molecular weight is 276 g/mol. The van der Waals surface area contributed by atoms with Crippen LogP contribution in [0.15, 0.2) is 60.8 Å². The quantitative estimate of drug-likeness (QED) is 0.844. The van der Waals surface area contributed by atoms with Gasteiger partial charge in [-0.15, -0.1) is 0 Å². The van der Waals surface area contributed by atoms with Crippen molar-refractivity contribution in [1.82, 2.24) is 0 Å². The molecule has 0 unspecified atom stereocenters. The molecule has 21 heavy (non-hydrogen) atoms. The molecule has 0 radical (unpaired) electrons. The molecule has 2 aliphatic heterocycles. The second-order valence-electron chi connectivity index (χ2n) is 5.78. The molecule has 0 aliphatic carbocycles. The van der Waals surface area contributed by atoms with Gasteiger partial charge >= 0.3 is 0 Å². The minimum absolute atomic E-state index is 0.996. The lowest BCUT2D eigenvalue weighted by Gasteiger charge is -2.18. The molecular formula is C19H20N2. The van der Waals surface area contributed by atoms with Gasteiger partial charge < -0.3 is 9.80 Å². The Balaban J connectivity index is 1.44. The normalized spacial score (nSPS) is 16.6. The van der Waals surface area contributed by atoms with Gasteiger partial charge in [0.2, 0.25) is 0 Å². The maximum atomic E-state index is 2.47. The molecule has 2 aliphatic rings. The Morgan fingerprint density at radius 3 is 2.33 bits per heavy atom. The zero-order valence-electron chi connectivity index (χ0n) is 12.2. The standard InChI is InChI=1S/C19H20N2/c1-3-8-18-16(6-1)10-14-20(18)12-5-13-21-15-11-17-7-2-4-9-19(17)21/h1-9,12H,10-11,13-15H2/b12-5+. The van der Waals surface area contributed by atoms with E-state index in [0.717, 1.165) is 26.1 Å². The van der Waals surface area contributed by atoms with E-state index in [9.17, 15) is 0 Å². The molecule has 2 aromatic carbocycles. The van der Waals surface area contributed by atoms with Crippen LogP contribution in [0.5, 0.6) is 0 Å². The number of nitrogens with zero attached hydrogens (tertiary/aromatic N) is 2. The van der Waals surface area contributed by atoms with Crippen LogP contribution in [0.1, 0.15) is 11.1 Å². The van der Waals surface area contributed by atoms with Crippen molar-refractivity contribution in [3.63, 3.8) is 0 Å². The van der Waals surface area contributed by atoms with Crippen LogP contribution < -0.4 is 9.80 Å². The van der Waals surface area contributed by atoms with Gasteiger partial charge in [0.25, 0.3) is 0 Å². The highest BCUT2D eigenvalue weighted by Gasteiger charge is 2.18. The topological polar surface area (TPSA) is 6.48 Å². The molecule has 0 saturated heterocycles. The van der Waals surface area contributed by atoms with Crippen molar-refractivity contribution in [2.45, 2.75) is 12.8 Å². The number of fused-ring (bicyclic) bond motifs is 2. The maximum absolute atomic E-state index is 2.47. The van der Waals surface area contributed by atoms with Crippen LogP contribution in [-0.2, 0) is 12.8 Å². The summed E-state index contributed by atoms with van der Waals surface area (Å²) in [6, 6.07) is 17.5. The van der Waals surface area contributed by atoms with E-state index in [1.165, 1.54) is 28.9 Å². The summed E-state index contributed by atoms with van der Waals surface area (Å²) in [7, 11) is 0. The van der Waals surface area contributed by atoms with Gasteiger partial charge in [0.15, 0.2) is 0 Å². The fourth-order valence-corrected chi connectivity index (χ4v) is 3.42. The third kappa shape index (κ3) is 2.31. The number of hydrogen-bond donors (Lipinski definition) is 0. The second kappa shape index (κ2) is 5.28. The summed E-state index contributed by atoms with van der Waals surface area (Å²) in [6.07, 6.45) is 6.89. The van der Waals surface area contributed by atoms with Gasteiger partial charge in [-0.3, -0.25) is 0 Å². The molecule has 0 amide bonds. The molecule has 0 spiro atoms. The molecule has 2 heteroatoms. The molecule has 0 aromatic heterocycles. The number of rotatable bonds is 3. The number of hydrogen-bond acceptors (Lipinski definition) is 2. The van der Waals surface area contributed by atoms with E-state index in [0.29, 0.717) is 0 Å². The van der Waals surface area contributed by atoms with Crippen LogP contribution in [-0.4, -0.2) is 19.6 Å². The average Bonchev–Trinajstić information content (AvgIpc) is 3.13. The lowest BCUT2D eigenvalue weighted by atomic mass is 10.2. The third-order valence-electron chi connectivity index (χ3n) is 4.52. The monoisotopic (exact) mass is 276 g/mol. The summed E-state index contributed by atoms with van der Waals surface area (Å²) >= 11 is 0. The fourth-order valence-electron chi connectivity index (χ4n) is 3.42. The van der Waals surface area contributed by atoms with E-state index in [1.54, 1.807) is 0 Å². The summed E-state index contributed by atoms with van der Waals surface area (Å²) in [4.78, 5) is 4.84. The van der Waals surface area contributed by atoms with Gasteiger partial charge in [-0.1, -0.05) is 36.4 Å². The molecular weight excluding hydrogens is 256 g/mol. The maximum Gasteiger partial charge on any atom is 0.0439 e. The fraction of sp³-hybridized carbons (Fsp3) is 0.263. The molecule has 0 bridgehead atoms. The minimum Gasteiger partial charge on any atom is -0.367 e. The van der Waals surface area contributed by atoms with Crippen LogP contribution in [0.4, 0.5) is 11.4 Å². The van der Waals surface area contributed by atoms with Crippen LogP contribution in [0, 0.1) is 0 Å². The molecule has 0 N–H and O–H groups in total. The molecule has 0 atom stereocenters. The smallest absolute Gasteiger partial charge is 0.0439 e. The summed E-state index contributed by atoms with van der Waals surface area (Å²) in [5.74, 6) is 0. The molecule has 4 rings (SSSR count). The molecule has 2 aromatic rings. The lowest BCUT2D eigenvalue weighted by molar-refractivity contribution is 0.898. The number of anilines is 2. The summed E-state index contributed by atoms with van der Waals surface area (Å²) in [6.45, 7) is 3.24. The van der Waals surface area contributed by atoms with Gasteiger partial charge in [-0.2, -0.15) is 0 Å². The molecule has 2 heterocycles. The SMILES string of the molecule is C(=C\N1CCc2ccccc21)/CN1CCc2ccccc21. The molecule has 2 nitrogen and oxygen atoms in total. The number of benzene rings is 2. The highest BCUT2D eigenvalue weighted by molar-refractivity contribution is 5.61. The first-order chi connectivity index (χ1) is 10.4. The molecule has 106 valence electrons. The van der Waals surface area contributed by atoms with Crippen molar-refractivity contribution >= 4 is 11.4 Å². The van der Waals surface area contributed by atoms with Gasteiger partial charge in [0, 0.05) is 37.2 Å². The Morgan fingerprint density at radius 1 is 0.810 bits per heavy atom. The van der Waals surface area contributed by atoms with Crippen molar-refractivity contribution in [2.75, 3.05) is 29.4 Å². The van der Waals surface area contributed by atoms with E-state index in [-0.39, 0.29) is 0 Å². The van der Waals surface area contributed by atoms with Crippen LogP contribution in [0.3, 0.4) is 0 Å². The highest BCUT2D eigenvalue weighted by atomic mass is 15.2. The van der Waals surface area contributed by atoms with Gasteiger partial charge in [-0.05, 0) is 42.2 Å². The first-order valence-corrected chi connectivity index (χ1v) is 7.76. The lowest BCUT2D eigenvalue weighted by Crippen LogP contribution is -2.21. The largest absolute Gasteiger partial charge is 0.367 e. The first-order valence-electron chi connectivity index (χ1n) is 7.76. The molecule has 0 saturated carbocycles. The third-order valence-corrected chi connectivity index (χ3v) is 4.52. The molecule has 0 fully saturated rings. The van der Waals surface area contributed by atoms with Crippen molar-refractivity contribution < 1.29 is 0 Å². The number of para-hydroxylation sites is 2. The summed E-state index contributed by atoms with van der Waals surface area (Å²) < 4.78 is 0. The Kier molecular flexibility index (Phi) is 3.15. The van der Waals surface area contributed by atoms with Crippen molar-refractivity contribution in [1.29, 1.82) is 0 Å². The van der Waals surface area contributed by atoms with E-state index < -0.39 is 0 Å². The van der Waals surface area contributed by atoms with Crippen LogP contribution in [0.25, 0.3) is 0 Å². The van der Waals surface area contributed by atoms with E-state index in [1.807, 2.05) is 0 Å². The minimum atomic E-state index is 0.996. The van der Waals surface area contributed by atoms with Gasteiger partial charge in [0.05, 0.1) is 0 Å². The van der Waals surface area contributed by atoms with Crippen molar-refractivity contribution in [2.24, 2.45) is 0 Å². The van der Waals surface area contributed by atoms with Gasteiger partial charge in [-0.25, -0.2) is 0 Å². The zero-order chi connectivity index (χ0) is 14.1.